The number of benzene rings is 1. The van der Waals surface area contributed by atoms with E-state index in [1.807, 2.05) is 4.90 Å². The molecule has 1 amide bonds. The van der Waals surface area contributed by atoms with Gasteiger partial charge in [0.05, 0.1) is 12.2 Å². The summed E-state index contributed by atoms with van der Waals surface area (Å²) in [6.07, 6.45) is 5.67. The number of nitrogens with zero attached hydrogens (tertiary/aromatic N) is 2. The van der Waals surface area contributed by atoms with Gasteiger partial charge in [0.1, 0.15) is 5.82 Å². The molecule has 20 heavy (non-hydrogen) atoms. The molecule has 0 aliphatic carbocycles. The first kappa shape index (κ1) is 12.8. The van der Waals surface area contributed by atoms with Gasteiger partial charge in [0.15, 0.2) is 0 Å². The Hall–Kier alpha value is -2.17. The first-order valence-electron chi connectivity index (χ1n) is 6.76. The van der Waals surface area contributed by atoms with Crippen LogP contribution in [0.15, 0.2) is 36.7 Å². The Morgan fingerprint density at radius 1 is 1.40 bits per heavy atom. The molecular formula is C15H16FN3O. The zero-order valence-corrected chi connectivity index (χ0v) is 11.1. The number of aromatic nitrogens is 2. The average molecular weight is 273 g/mol. The summed E-state index contributed by atoms with van der Waals surface area (Å²) in [5.41, 5.74) is 2.05. The van der Waals surface area contributed by atoms with Crippen molar-refractivity contribution in [3.8, 4) is 0 Å². The molecule has 0 spiro atoms. The Kier molecular flexibility index (Phi) is 3.50. The molecule has 1 fully saturated rings. The lowest BCUT2D eigenvalue weighted by molar-refractivity contribution is -0.139. The fourth-order valence-corrected chi connectivity index (χ4v) is 2.53. The second kappa shape index (κ2) is 5.45. The van der Waals surface area contributed by atoms with Crippen molar-refractivity contribution in [1.82, 2.24) is 15.1 Å². The fraction of sp³-hybridized carbons (Fsp3) is 0.333. The SMILES string of the molecule is O=C(CCc1cn[nH]c1)N1CCC1c1ccc(F)cc1. The molecule has 0 bridgehead atoms. The highest BCUT2D eigenvalue weighted by Crippen LogP contribution is 2.33. The van der Waals surface area contributed by atoms with Gasteiger partial charge in [0.25, 0.3) is 0 Å². The normalized spacial score (nSPS) is 17.9. The van der Waals surface area contributed by atoms with Gasteiger partial charge < -0.3 is 4.90 Å². The molecule has 1 aliphatic heterocycles. The van der Waals surface area contributed by atoms with Gasteiger partial charge >= 0.3 is 0 Å². The van der Waals surface area contributed by atoms with Gasteiger partial charge in [-0.15, -0.1) is 0 Å². The molecule has 1 aromatic heterocycles. The summed E-state index contributed by atoms with van der Waals surface area (Å²) in [7, 11) is 0. The number of aromatic amines is 1. The molecule has 2 aromatic rings. The molecule has 1 aromatic carbocycles. The van der Waals surface area contributed by atoms with E-state index in [2.05, 4.69) is 10.2 Å². The largest absolute Gasteiger partial charge is 0.335 e. The first-order chi connectivity index (χ1) is 9.74. The van der Waals surface area contributed by atoms with Gasteiger partial charge in [-0.3, -0.25) is 9.89 Å². The van der Waals surface area contributed by atoms with Crippen LogP contribution >= 0.6 is 0 Å². The monoisotopic (exact) mass is 273 g/mol. The van der Waals surface area contributed by atoms with Crippen molar-refractivity contribution in [1.29, 1.82) is 0 Å². The number of H-pyrrole nitrogens is 1. The summed E-state index contributed by atoms with van der Waals surface area (Å²) in [5.74, 6) is -0.0994. The van der Waals surface area contributed by atoms with Gasteiger partial charge in [-0.2, -0.15) is 5.10 Å². The summed E-state index contributed by atoms with van der Waals surface area (Å²) < 4.78 is 12.9. The molecule has 1 unspecified atom stereocenters. The molecular weight excluding hydrogens is 257 g/mol. The van der Waals surface area contributed by atoms with E-state index in [1.165, 1.54) is 12.1 Å². The zero-order valence-electron chi connectivity index (χ0n) is 11.1. The van der Waals surface area contributed by atoms with E-state index < -0.39 is 0 Å². The van der Waals surface area contributed by atoms with Gasteiger partial charge in [0.2, 0.25) is 5.91 Å². The Morgan fingerprint density at radius 2 is 2.20 bits per heavy atom. The molecule has 1 N–H and O–H groups in total. The molecule has 0 saturated carbocycles. The van der Waals surface area contributed by atoms with Crippen LogP contribution in [-0.4, -0.2) is 27.5 Å². The second-order valence-corrected chi connectivity index (χ2v) is 5.05. The van der Waals surface area contributed by atoms with Crippen molar-refractivity contribution >= 4 is 5.91 Å². The van der Waals surface area contributed by atoms with E-state index in [0.717, 1.165) is 24.1 Å². The minimum atomic E-state index is -0.245. The maximum absolute atomic E-state index is 12.9. The van der Waals surface area contributed by atoms with Crippen molar-refractivity contribution in [2.75, 3.05) is 6.54 Å². The summed E-state index contributed by atoms with van der Waals surface area (Å²) in [6.45, 7) is 0.784. The topological polar surface area (TPSA) is 49.0 Å². The predicted octanol–water partition coefficient (Wildman–Crippen LogP) is 2.46. The van der Waals surface area contributed by atoms with Crippen LogP contribution in [0.1, 0.15) is 30.0 Å². The van der Waals surface area contributed by atoms with E-state index in [4.69, 9.17) is 0 Å². The molecule has 4 nitrogen and oxygen atoms in total. The Balaban J connectivity index is 1.59. The standard InChI is InChI=1S/C15H16FN3O/c16-13-4-2-12(3-5-13)14-7-8-19(14)15(20)6-1-11-9-17-18-10-11/h2-5,9-10,14H,1,6-8H2,(H,17,18). The number of hydrogen-bond donors (Lipinski definition) is 1. The van der Waals surface area contributed by atoms with Gasteiger partial charge in [-0.25, -0.2) is 4.39 Å². The number of amides is 1. The average Bonchev–Trinajstić information content (AvgIpc) is 2.91. The number of rotatable bonds is 4. The van der Waals surface area contributed by atoms with Crippen LogP contribution in [-0.2, 0) is 11.2 Å². The Labute approximate surface area is 116 Å². The number of carbonyl (C=O) groups excluding carboxylic acids is 1. The third kappa shape index (κ3) is 2.57. The third-order valence-electron chi connectivity index (χ3n) is 3.78. The molecule has 0 radical (unpaired) electrons. The maximum atomic E-state index is 12.9. The van der Waals surface area contributed by atoms with Crippen molar-refractivity contribution in [2.45, 2.75) is 25.3 Å². The molecule has 2 heterocycles. The number of hydrogen-bond acceptors (Lipinski definition) is 2. The van der Waals surface area contributed by atoms with Crippen LogP contribution in [0.5, 0.6) is 0 Å². The lowest BCUT2D eigenvalue weighted by Gasteiger charge is -2.41. The van der Waals surface area contributed by atoms with Crippen LogP contribution < -0.4 is 0 Å². The van der Waals surface area contributed by atoms with Crippen molar-refractivity contribution < 1.29 is 9.18 Å². The Morgan fingerprint density at radius 3 is 2.80 bits per heavy atom. The molecule has 5 heteroatoms. The van der Waals surface area contributed by atoms with Gasteiger partial charge in [-0.05, 0) is 36.1 Å². The summed E-state index contributed by atoms with van der Waals surface area (Å²) in [4.78, 5) is 14.1. The Bertz CT molecular complexity index is 580. The second-order valence-electron chi connectivity index (χ2n) is 5.05. The smallest absolute Gasteiger partial charge is 0.223 e. The van der Waals surface area contributed by atoms with E-state index >= 15 is 0 Å². The van der Waals surface area contributed by atoms with Crippen LogP contribution in [0.25, 0.3) is 0 Å². The molecule has 104 valence electrons. The summed E-state index contributed by atoms with van der Waals surface area (Å²) in [6, 6.07) is 6.52. The third-order valence-corrected chi connectivity index (χ3v) is 3.78. The number of carbonyl (C=O) groups is 1. The fourth-order valence-electron chi connectivity index (χ4n) is 2.53. The molecule has 3 rings (SSSR count). The van der Waals surface area contributed by atoms with Crippen molar-refractivity contribution in [3.63, 3.8) is 0 Å². The highest BCUT2D eigenvalue weighted by Gasteiger charge is 2.32. The summed E-state index contributed by atoms with van der Waals surface area (Å²) >= 11 is 0. The highest BCUT2D eigenvalue weighted by molar-refractivity contribution is 5.77. The molecule has 1 saturated heterocycles. The lowest BCUT2D eigenvalue weighted by atomic mass is 9.94. The van der Waals surface area contributed by atoms with Crippen LogP contribution in [0.3, 0.4) is 0 Å². The van der Waals surface area contributed by atoms with Crippen molar-refractivity contribution in [2.24, 2.45) is 0 Å². The molecule has 1 atom stereocenters. The summed E-state index contributed by atoms with van der Waals surface area (Å²) in [5, 5.41) is 6.60. The maximum Gasteiger partial charge on any atom is 0.223 e. The minimum absolute atomic E-state index is 0.104. The molecule has 1 aliphatic rings. The number of likely N-dealkylation sites (tertiary alicyclic amines) is 1. The lowest BCUT2D eigenvalue weighted by Crippen LogP contribution is -2.45. The predicted molar refractivity (Wildman–Crippen MR) is 72.4 cm³/mol. The number of aryl methyl sites for hydroxylation is 1. The number of nitrogens with one attached hydrogen (secondary N) is 1. The van der Waals surface area contributed by atoms with E-state index in [9.17, 15) is 9.18 Å². The van der Waals surface area contributed by atoms with Crippen molar-refractivity contribution in [3.05, 3.63) is 53.6 Å². The quantitative estimate of drug-likeness (QED) is 0.930. The van der Waals surface area contributed by atoms with E-state index in [-0.39, 0.29) is 17.8 Å². The van der Waals surface area contributed by atoms with Crippen LogP contribution in [0, 0.1) is 5.82 Å². The van der Waals surface area contributed by atoms with Crippen LogP contribution in [0.4, 0.5) is 4.39 Å². The van der Waals surface area contributed by atoms with Gasteiger partial charge in [-0.1, -0.05) is 12.1 Å². The minimum Gasteiger partial charge on any atom is -0.335 e. The van der Waals surface area contributed by atoms with Gasteiger partial charge in [0, 0.05) is 19.2 Å². The first-order valence-corrected chi connectivity index (χ1v) is 6.76. The van der Waals surface area contributed by atoms with E-state index in [0.29, 0.717) is 12.8 Å². The van der Waals surface area contributed by atoms with E-state index in [1.54, 1.807) is 24.5 Å². The van der Waals surface area contributed by atoms with Crippen LogP contribution in [0.2, 0.25) is 0 Å². The zero-order chi connectivity index (χ0) is 13.9. The number of halogens is 1. The highest BCUT2D eigenvalue weighted by atomic mass is 19.1.